The number of hydrogen-bond donors (Lipinski definition) is 2. The summed E-state index contributed by atoms with van der Waals surface area (Å²) in [5.74, 6) is 1.59. The van der Waals surface area contributed by atoms with Gasteiger partial charge in [0.1, 0.15) is 0 Å². The van der Waals surface area contributed by atoms with Crippen molar-refractivity contribution in [1.82, 2.24) is 25.3 Å². The molecule has 2 aromatic rings. The molecule has 1 aromatic carbocycles. The van der Waals surface area contributed by atoms with Crippen molar-refractivity contribution in [2.75, 3.05) is 33.2 Å². The molecular formula is C23H36N6. The summed E-state index contributed by atoms with van der Waals surface area (Å²) in [7, 11) is 1.84. The van der Waals surface area contributed by atoms with E-state index in [1.807, 2.05) is 18.7 Å². The zero-order valence-electron chi connectivity index (χ0n) is 18.4. The maximum Gasteiger partial charge on any atom is 0.191 e. The van der Waals surface area contributed by atoms with Gasteiger partial charge < -0.3 is 15.5 Å². The van der Waals surface area contributed by atoms with Crippen LogP contribution >= 0.6 is 0 Å². The van der Waals surface area contributed by atoms with E-state index in [9.17, 15) is 0 Å². The van der Waals surface area contributed by atoms with E-state index in [4.69, 9.17) is 0 Å². The van der Waals surface area contributed by atoms with Crippen molar-refractivity contribution in [3.05, 3.63) is 47.3 Å². The number of nitrogens with zero attached hydrogens (tertiary/aromatic N) is 4. The predicted molar refractivity (Wildman–Crippen MR) is 121 cm³/mol. The predicted octanol–water partition coefficient (Wildman–Crippen LogP) is 3.28. The molecule has 0 unspecified atom stereocenters. The van der Waals surface area contributed by atoms with E-state index in [1.165, 1.54) is 44.5 Å². The van der Waals surface area contributed by atoms with Gasteiger partial charge in [-0.1, -0.05) is 25.1 Å². The third-order valence-electron chi connectivity index (χ3n) is 5.70. The first-order valence-corrected chi connectivity index (χ1v) is 10.9. The van der Waals surface area contributed by atoms with Crippen molar-refractivity contribution in [2.45, 2.75) is 46.6 Å². The normalized spacial score (nSPS) is 16.2. The summed E-state index contributed by atoms with van der Waals surface area (Å²) < 4.78 is 2.02. The highest BCUT2D eigenvalue weighted by molar-refractivity contribution is 5.79. The molecule has 1 aliphatic rings. The summed E-state index contributed by atoms with van der Waals surface area (Å²) in [5, 5.41) is 11.7. The molecule has 0 radical (unpaired) electrons. The van der Waals surface area contributed by atoms with E-state index in [-0.39, 0.29) is 0 Å². The van der Waals surface area contributed by atoms with Crippen molar-refractivity contribution < 1.29 is 0 Å². The third-order valence-corrected chi connectivity index (χ3v) is 5.70. The molecule has 6 nitrogen and oxygen atoms in total. The maximum atomic E-state index is 4.64. The second-order valence-electron chi connectivity index (χ2n) is 8.06. The smallest absolute Gasteiger partial charge is 0.191 e. The molecule has 0 atom stereocenters. The number of benzene rings is 1. The number of rotatable bonds is 7. The van der Waals surface area contributed by atoms with E-state index in [2.05, 4.69) is 69.8 Å². The standard InChI is InChI=1S/C23H36N6/c1-5-12-28-13-10-20(11-14-28)16-25-23(24-4)26-17-21-8-6-7-9-22(21)29-19(3)15-18(2)27-29/h6-9,15,20H,5,10-14,16-17H2,1-4H3,(H2,24,25,26). The zero-order chi connectivity index (χ0) is 20.6. The Balaban J connectivity index is 1.54. The molecule has 1 saturated heterocycles. The van der Waals surface area contributed by atoms with Gasteiger partial charge >= 0.3 is 0 Å². The first kappa shape index (κ1) is 21.4. The van der Waals surface area contributed by atoms with Crippen molar-refractivity contribution in [1.29, 1.82) is 0 Å². The summed E-state index contributed by atoms with van der Waals surface area (Å²) in [5.41, 5.74) is 4.50. The van der Waals surface area contributed by atoms with Gasteiger partial charge in [-0.05, 0) is 76.4 Å². The number of nitrogens with one attached hydrogen (secondary N) is 2. The van der Waals surface area contributed by atoms with Gasteiger partial charge in [-0.2, -0.15) is 5.10 Å². The highest BCUT2D eigenvalue weighted by Crippen LogP contribution is 2.18. The zero-order valence-corrected chi connectivity index (χ0v) is 18.4. The van der Waals surface area contributed by atoms with Crippen LogP contribution in [0.1, 0.15) is 43.1 Å². The summed E-state index contributed by atoms with van der Waals surface area (Å²) in [4.78, 5) is 7.00. The number of aromatic nitrogens is 2. The molecular weight excluding hydrogens is 360 g/mol. The minimum absolute atomic E-state index is 0.711. The largest absolute Gasteiger partial charge is 0.356 e. The van der Waals surface area contributed by atoms with Crippen LogP contribution in [-0.2, 0) is 6.54 Å². The molecule has 1 fully saturated rings. The number of hydrogen-bond acceptors (Lipinski definition) is 3. The van der Waals surface area contributed by atoms with Crippen LogP contribution in [0.25, 0.3) is 5.69 Å². The monoisotopic (exact) mass is 396 g/mol. The van der Waals surface area contributed by atoms with Gasteiger partial charge in [0.25, 0.3) is 0 Å². The first-order valence-electron chi connectivity index (χ1n) is 10.9. The topological polar surface area (TPSA) is 57.5 Å². The van der Waals surface area contributed by atoms with E-state index >= 15 is 0 Å². The quantitative estimate of drug-likeness (QED) is 0.557. The molecule has 0 bridgehead atoms. The average Bonchev–Trinajstić information content (AvgIpc) is 3.07. The maximum absolute atomic E-state index is 4.64. The van der Waals surface area contributed by atoms with Gasteiger partial charge in [0.2, 0.25) is 0 Å². The fourth-order valence-corrected chi connectivity index (χ4v) is 4.11. The highest BCUT2D eigenvalue weighted by Gasteiger charge is 2.18. The molecule has 0 saturated carbocycles. The molecule has 158 valence electrons. The van der Waals surface area contributed by atoms with Gasteiger partial charge in [-0.15, -0.1) is 0 Å². The second-order valence-corrected chi connectivity index (χ2v) is 8.06. The summed E-state index contributed by atoms with van der Waals surface area (Å²) >= 11 is 0. The van der Waals surface area contributed by atoms with E-state index in [0.29, 0.717) is 6.54 Å². The van der Waals surface area contributed by atoms with Crippen molar-refractivity contribution in [2.24, 2.45) is 10.9 Å². The van der Waals surface area contributed by atoms with Crippen LogP contribution in [-0.4, -0.2) is 53.9 Å². The lowest BCUT2D eigenvalue weighted by atomic mass is 9.97. The molecule has 2 N–H and O–H groups in total. The van der Waals surface area contributed by atoms with Crippen LogP contribution in [0.15, 0.2) is 35.3 Å². The molecule has 3 rings (SSSR count). The molecule has 0 amide bonds. The molecule has 1 aromatic heterocycles. The van der Waals surface area contributed by atoms with Crippen molar-refractivity contribution >= 4 is 5.96 Å². The molecule has 0 spiro atoms. The Labute approximate surface area is 175 Å². The van der Waals surface area contributed by atoms with Crippen LogP contribution in [0.5, 0.6) is 0 Å². The van der Waals surface area contributed by atoms with Crippen LogP contribution in [0, 0.1) is 19.8 Å². The molecule has 0 aliphatic carbocycles. The number of piperidine rings is 1. The first-order chi connectivity index (χ1) is 14.1. The number of likely N-dealkylation sites (tertiary alicyclic amines) is 1. The fourth-order valence-electron chi connectivity index (χ4n) is 4.11. The Morgan fingerprint density at radius 1 is 1.17 bits per heavy atom. The van der Waals surface area contributed by atoms with Gasteiger partial charge in [0.15, 0.2) is 5.96 Å². The van der Waals surface area contributed by atoms with E-state index in [0.717, 1.165) is 35.5 Å². The number of guanidine groups is 1. The van der Waals surface area contributed by atoms with Crippen LogP contribution in [0.4, 0.5) is 0 Å². The lowest BCUT2D eigenvalue weighted by Crippen LogP contribution is -2.42. The third kappa shape index (κ3) is 5.82. The number of para-hydroxylation sites is 1. The number of aryl methyl sites for hydroxylation is 2. The Morgan fingerprint density at radius 2 is 1.93 bits per heavy atom. The Hall–Kier alpha value is -2.34. The van der Waals surface area contributed by atoms with Gasteiger partial charge in [-0.3, -0.25) is 4.99 Å². The van der Waals surface area contributed by atoms with Crippen LogP contribution in [0.3, 0.4) is 0 Å². The highest BCUT2D eigenvalue weighted by atomic mass is 15.3. The average molecular weight is 397 g/mol. The van der Waals surface area contributed by atoms with Crippen LogP contribution in [0.2, 0.25) is 0 Å². The van der Waals surface area contributed by atoms with Crippen LogP contribution < -0.4 is 10.6 Å². The Kier molecular flexibility index (Phi) is 7.69. The van der Waals surface area contributed by atoms with Crippen molar-refractivity contribution in [3.63, 3.8) is 0 Å². The lowest BCUT2D eigenvalue weighted by Gasteiger charge is -2.32. The molecule has 6 heteroatoms. The van der Waals surface area contributed by atoms with Crippen molar-refractivity contribution in [3.8, 4) is 5.69 Å². The van der Waals surface area contributed by atoms with Gasteiger partial charge in [0, 0.05) is 25.8 Å². The summed E-state index contributed by atoms with van der Waals surface area (Å²) in [6.07, 6.45) is 3.79. The van der Waals surface area contributed by atoms with Gasteiger partial charge in [0.05, 0.1) is 11.4 Å². The van der Waals surface area contributed by atoms with Gasteiger partial charge in [-0.25, -0.2) is 4.68 Å². The number of aliphatic imine (C=N–C) groups is 1. The molecule has 1 aliphatic heterocycles. The van der Waals surface area contributed by atoms with E-state index < -0.39 is 0 Å². The molecule has 29 heavy (non-hydrogen) atoms. The SMILES string of the molecule is CCCN1CCC(CNC(=NC)NCc2ccccc2-n2nc(C)cc2C)CC1. The lowest BCUT2D eigenvalue weighted by molar-refractivity contribution is 0.185. The minimum Gasteiger partial charge on any atom is -0.356 e. The fraction of sp³-hybridized carbons (Fsp3) is 0.565. The summed E-state index contributed by atoms with van der Waals surface area (Å²) in [6, 6.07) is 10.5. The Bertz CT molecular complexity index is 801. The minimum atomic E-state index is 0.711. The Morgan fingerprint density at radius 3 is 2.59 bits per heavy atom. The summed E-state index contributed by atoms with van der Waals surface area (Å²) in [6.45, 7) is 11.8. The molecule has 2 heterocycles. The second kappa shape index (κ2) is 10.4. The van der Waals surface area contributed by atoms with E-state index in [1.54, 1.807) is 0 Å².